The van der Waals surface area contributed by atoms with Gasteiger partial charge < -0.3 is 10.1 Å². The molecule has 3 nitrogen and oxygen atoms in total. The van der Waals surface area contributed by atoms with Crippen LogP contribution in [0, 0.1) is 0 Å². The van der Waals surface area contributed by atoms with Crippen molar-refractivity contribution >= 4 is 0 Å². The second kappa shape index (κ2) is 7.46. The SMILES string of the molecule is CCC1COCCN1C(C)CCCNC(C)(C)C. The first-order valence-corrected chi connectivity index (χ1v) is 7.52. The lowest BCUT2D eigenvalue weighted by Gasteiger charge is -2.39. The van der Waals surface area contributed by atoms with Crippen LogP contribution < -0.4 is 5.32 Å². The number of nitrogens with one attached hydrogen (secondary N) is 1. The van der Waals surface area contributed by atoms with Crippen LogP contribution in [0.2, 0.25) is 0 Å². The van der Waals surface area contributed by atoms with Crippen LogP contribution in [0.3, 0.4) is 0 Å². The molecule has 1 aliphatic rings. The van der Waals surface area contributed by atoms with Crippen LogP contribution in [0.25, 0.3) is 0 Å². The Bertz CT molecular complexity index is 225. The van der Waals surface area contributed by atoms with Gasteiger partial charge in [-0.05, 0) is 53.5 Å². The number of ether oxygens (including phenoxy) is 1. The molecule has 0 radical (unpaired) electrons. The molecule has 1 rings (SSSR count). The third-order valence-corrected chi connectivity index (χ3v) is 3.76. The summed E-state index contributed by atoms with van der Waals surface area (Å²) in [6, 6.07) is 1.31. The quantitative estimate of drug-likeness (QED) is 0.740. The molecule has 1 aliphatic heterocycles. The van der Waals surface area contributed by atoms with E-state index in [1.165, 1.54) is 19.3 Å². The predicted molar refractivity (Wildman–Crippen MR) is 78.1 cm³/mol. The number of hydrogen-bond donors (Lipinski definition) is 1. The molecule has 0 bridgehead atoms. The molecular formula is C15H32N2O. The Morgan fingerprint density at radius 2 is 2.11 bits per heavy atom. The van der Waals surface area contributed by atoms with Gasteiger partial charge in [0.1, 0.15) is 0 Å². The standard InChI is InChI=1S/C15H32N2O/c1-6-14-12-18-11-10-17(14)13(2)8-7-9-16-15(3,4)5/h13-14,16H,6-12H2,1-5H3. The van der Waals surface area contributed by atoms with E-state index in [9.17, 15) is 0 Å². The van der Waals surface area contributed by atoms with E-state index in [1.54, 1.807) is 0 Å². The van der Waals surface area contributed by atoms with Crippen molar-refractivity contribution in [2.75, 3.05) is 26.3 Å². The van der Waals surface area contributed by atoms with E-state index < -0.39 is 0 Å². The highest BCUT2D eigenvalue weighted by molar-refractivity contribution is 4.79. The molecule has 0 saturated carbocycles. The normalized spacial score (nSPS) is 24.2. The topological polar surface area (TPSA) is 24.5 Å². The van der Waals surface area contributed by atoms with Gasteiger partial charge in [0, 0.05) is 24.2 Å². The third kappa shape index (κ3) is 5.68. The average Bonchev–Trinajstić information content (AvgIpc) is 2.33. The highest BCUT2D eigenvalue weighted by Crippen LogP contribution is 2.16. The van der Waals surface area contributed by atoms with Gasteiger partial charge in [0.2, 0.25) is 0 Å². The van der Waals surface area contributed by atoms with E-state index in [0.29, 0.717) is 12.1 Å². The number of rotatable bonds is 6. The van der Waals surface area contributed by atoms with Gasteiger partial charge in [-0.1, -0.05) is 6.92 Å². The minimum absolute atomic E-state index is 0.244. The molecule has 0 spiro atoms. The molecule has 0 aromatic heterocycles. The third-order valence-electron chi connectivity index (χ3n) is 3.76. The highest BCUT2D eigenvalue weighted by atomic mass is 16.5. The van der Waals surface area contributed by atoms with Gasteiger partial charge in [0.15, 0.2) is 0 Å². The summed E-state index contributed by atoms with van der Waals surface area (Å²) in [5.41, 5.74) is 0.244. The Morgan fingerprint density at radius 3 is 2.72 bits per heavy atom. The van der Waals surface area contributed by atoms with Crippen LogP contribution in [0.15, 0.2) is 0 Å². The van der Waals surface area contributed by atoms with E-state index in [-0.39, 0.29) is 5.54 Å². The lowest BCUT2D eigenvalue weighted by Crippen LogP contribution is -2.49. The van der Waals surface area contributed by atoms with Crippen molar-refractivity contribution in [3.63, 3.8) is 0 Å². The zero-order valence-electron chi connectivity index (χ0n) is 13.0. The molecule has 1 saturated heterocycles. The molecule has 1 heterocycles. The zero-order chi connectivity index (χ0) is 13.6. The average molecular weight is 256 g/mol. The van der Waals surface area contributed by atoms with Crippen molar-refractivity contribution in [3.8, 4) is 0 Å². The lowest BCUT2D eigenvalue weighted by molar-refractivity contribution is -0.0283. The summed E-state index contributed by atoms with van der Waals surface area (Å²) in [5.74, 6) is 0. The number of morpholine rings is 1. The van der Waals surface area contributed by atoms with E-state index in [1.807, 2.05) is 0 Å². The van der Waals surface area contributed by atoms with Crippen LogP contribution >= 0.6 is 0 Å². The monoisotopic (exact) mass is 256 g/mol. The maximum absolute atomic E-state index is 5.57. The fourth-order valence-corrected chi connectivity index (χ4v) is 2.63. The maximum atomic E-state index is 5.57. The first-order valence-electron chi connectivity index (χ1n) is 7.52. The van der Waals surface area contributed by atoms with Gasteiger partial charge in [0.25, 0.3) is 0 Å². The van der Waals surface area contributed by atoms with Crippen LogP contribution in [0.1, 0.15) is 53.9 Å². The van der Waals surface area contributed by atoms with Gasteiger partial charge in [0.05, 0.1) is 13.2 Å². The highest BCUT2D eigenvalue weighted by Gasteiger charge is 2.25. The van der Waals surface area contributed by atoms with Crippen LogP contribution in [-0.4, -0.2) is 48.8 Å². The molecule has 0 amide bonds. The Kier molecular flexibility index (Phi) is 6.61. The summed E-state index contributed by atoms with van der Waals surface area (Å²) < 4.78 is 5.57. The van der Waals surface area contributed by atoms with Crippen molar-refractivity contribution in [3.05, 3.63) is 0 Å². The molecular weight excluding hydrogens is 224 g/mol. The Hall–Kier alpha value is -0.120. The summed E-state index contributed by atoms with van der Waals surface area (Å²) in [6.45, 7) is 15.4. The van der Waals surface area contributed by atoms with E-state index >= 15 is 0 Å². The second-order valence-electron chi connectivity index (χ2n) is 6.54. The summed E-state index contributed by atoms with van der Waals surface area (Å²) >= 11 is 0. The molecule has 2 atom stereocenters. The molecule has 2 unspecified atom stereocenters. The zero-order valence-corrected chi connectivity index (χ0v) is 13.0. The first kappa shape index (κ1) is 15.9. The molecule has 3 heteroatoms. The summed E-state index contributed by atoms with van der Waals surface area (Å²) in [7, 11) is 0. The van der Waals surface area contributed by atoms with Gasteiger partial charge >= 0.3 is 0 Å². The first-order chi connectivity index (χ1) is 8.44. The fraction of sp³-hybridized carbons (Fsp3) is 1.00. The van der Waals surface area contributed by atoms with Gasteiger partial charge in [-0.2, -0.15) is 0 Å². The number of hydrogen-bond acceptors (Lipinski definition) is 3. The molecule has 0 aliphatic carbocycles. The van der Waals surface area contributed by atoms with Crippen LogP contribution in [0.4, 0.5) is 0 Å². The lowest BCUT2D eigenvalue weighted by atomic mass is 10.1. The van der Waals surface area contributed by atoms with Crippen molar-refractivity contribution < 1.29 is 4.74 Å². The summed E-state index contributed by atoms with van der Waals surface area (Å²) in [6.07, 6.45) is 3.73. The Morgan fingerprint density at radius 1 is 1.39 bits per heavy atom. The van der Waals surface area contributed by atoms with E-state index in [2.05, 4.69) is 44.8 Å². The van der Waals surface area contributed by atoms with Crippen LogP contribution in [-0.2, 0) is 4.74 Å². The van der Waals surface area contributed by atoms with E-state index in [4.69, 9.17) is 4.74 Å². The van der Waals surface area contributed by atoms with Crippen molar-refractivity contribution in [1.82, 2.24) is 10.2 Å². The van der Waals surface area contributed by atoms with Crippen molar-refractivity contribution in [2.24, 2.45) is 0 Å². The molecule has 108 valence electrons. The van der Waals surface area contributed by atoms with E-state index in [0.717, 1.165) is 26.3 Å². The molecule has 1 fully saturated rings. The van der Waals surface area contributed by atoms with Crippen molar-refractivity contribution in [1.29, 1.82) is 0 Å². The van der Waals surface area contributed by atoms with Gasteiger partial charge in [-0.3, -0.25) is 4.90 Å². The summed E-state index contributed by atoms with van der Waals surface area (Å²) in [4.78, 5) is 2.64. The largest absolute Gasteiger partial charge is 0.378 e. The van der Waals surface area contributed by atoms with Crippen LogP contribution in [0.5, 0.6) is 0 Å². The molecule has 0 aromatic carbocycles. The minimum atomic E-state index is 0.244. The van der Waals surface area contributed by atoms with Gasteiger partial charge in [-0.25, -0.2) is 0 Å². The second-order valence-corrected chi connectivity index (χ2v) is 6.54. The fourth-order valence-electron chi connectivity index (χ4n) is 2.63. The maximum Gasteiger partial charge on any atom is 0.0622 e. The Balaban J connectivity index is 2.24. The minimum Gasteiger partial charge on any atom is -0.378 e. The smallest absolute Gasteiger partial charge is 0.0622 e. The predicted octanol–water partition coefficient (Wildman–Crippen LogP) is 2.65. The molecule has 1 N–H and O–H groups in total. The Labute approximate surface area is 113 Å². The summed E-state index contributed by atoms with van der Waals surface area (Å²) in [5, 5.41) is 3.56. The number of nitrogens with zero attached hydrogens (tertiary/aromatic N) is 1. The van der Waals surface area contributed by atoms with Gasteiger partial charge in [-0.15, -0.1) is 0 Å². The van der Waals surface area contributed by atoms with Crippen molar-refractivity contribution in [2.45, 2.75) is 71.5 Å². The molecule has 18 heavy (non-hydrogen) atoms. The molecule has 0 aromatic rings.